The number of nitrogens with one attached hydrogen (secondary N) is 1. The van der Waals surface area contributed by atoms with Gasteiger partial charge in [0, 0.05) is 29.8 Å². The number of ether oxygens (including phenoxy) is 1. The van der Waals surface area contributed by atoms with E-state index in [1.54, 1.807) is 72.5 Å². The van der Waals surface area contributed by atoms with Crippen molar-refractivity contribution in [1.82, 2.24) is 4.90 Å². The van der Waals surface area contributed by atoms with Crippen LogP contribution in [0.3, 0.4) is 0 Å². The first-order valence-electron chi connectivity index (χ1n) is 9.20. The van der Waals surface area contributed by atoms with Crippen LogP contribution in [0.4, 0.5) is 0 Å². The Morgan fingerprint density at radius 3 is 2.21 bits per heavy atom. The molecule has 6 heteroatoms. The second-order valence-electron chi connectivity index (χ2n) is 6.41. The molecule has 0 spiro atoms. The molecule has 2 aromatic carbocycles. The van der Waals surface area contributed by atoms with Crippen LogP contribution in [0.1, 0.15) is 35.3 Å². The molecular weight excluding hydrogens is 366 g/mol. The lowest BCUT2D eigenvalue weighted by atomic mass is 10.1. The molecule has 0 radical (unpaired) electrons. The van der Waals surface area contributed by atoms with Gasteiger partial charge in [0.05, 0.1) is 0 Å². The van der Waals surface area contributed by atoms with E-state index in [2.05, 4.69) is 6.58 Å². The van der Waals surface area contributed by atoms with E-state index in [0.717, 1.165) is 5.56 Å². The van der Waals surface area contributed by atoms with Crippen molar-refractivity contribution in [1.29, 1.82) is 5.41 Å². The number of amides is 1. The van der Waals surface area contributed by atoms with Crippen LogP contribution in [0.5, 0.6) is 5.75 Å². The minimum absolute atomic E-state index is 0.0487. The summed E-state index contributed by atoms with van der Waals surface area (Å²) in [4.78, 5) is 26.4. The molecule has 0 aliphatic heterocycles. The van der Waals surface area contributed by atoms with Crippen molar-refractivity contribution in [2.75, 3.05) is 13.1 Å². The highest BCUT2D eigenvalue weighted by Crippen LogP contribution is 2.16. The minimum atomic E-state index is -0.483. The Morgan fingerprint density at radius 2 is 1.69 bits per heavy atom. The van der Waals surface area contributed by atoms with Crippen LogP contribution in [0.2, 0.25) is 0 Å². The number of rotatable bonds is 8. The monoisotopic (exact) mass is 391 g/mol. The van der Waals surface area contributed by atoms with Gasteiger partial charge in [-0.05, 0) is 61.9 Å². The second kappa shape index (κ2) is 10.0. The van der Waals surface area contributed by atoms with Gasteiger partial charge in [-0.25, -0.2) is 4.79 Å². The molecule has 3 N–H and O–H groups in total. The van der Waals surface area contributed by atoms with Crippen LogP contribution in [0.25, 0.3) is 6.08 Å². The van der Waals surface area contributed by atoms with Gasteiger partial charge >= 0.3 is 5.97 Å². The van der Waals surface area contributed by atoms with E-state index in [1.807, 2.05) is 6.92 Å². The molecule has 150 valence electrons. The smallest absolute Gasteiger partial charge is 0.339 e. The Kier molecular flexibility index (Phi) is 7.48. The fraction of sp³-hybridized carbons (Fsp3) is 0.174. The number of hydrogen-bond donors (Lipinski definition) is 2. The third-order valence-electron chi connectivity index (χ3n) is 4.26. The molecule has 2 aromatic rings. The molecule has 0 heterocycles. The van der Waals surface area contributed by atoms with Crippen molar-refractivity contribution in [3.05, 3.63) is 83.4 Å². The maximum absolute atomic E-state index is 12.4. The molecular formula is C23H25N3O3. The van der Waals surface area contributed by atoms with Gasteiger partial charge in [0.2, 0.25) is 0 Å². The number of amidine groups is 1. The van der Waals surface area contributed by atoms with Crippen molar-refractivity contribution in [3.8, 4) is 5.75 Å². The molecule has 0 aromatic heterocycles. The molecule has 0 atom stereocenters. The third-order valence-corrected chi connectivity index (χ3v) is 4.26. The standard InChI is InChI=1S/C23H25N3O3/c1-4-14-26(5-2)22(27)19-8-6-17(7-9-19)15-16(3)23(28)29-20-12-10-18(11-13-20)21(24)25/h4,6-13,15H,1,5,14H2,2-3H3,(H3,24,25)/b16-15+. The van der Waals surface area contributed by atoms with Gasteiger partial charge in [0.1, 0.15) is 11.6 Å². The molecule has 2 rings (SSSR count). The van der Waals surface area contributed by atoms with Gasteiger partial charge in [0.15, 0.2) is 0 Å². The first-order chi connectivity index (χ1) is 13.8. The van der Waals surface area contributed by atoms with Gasteiger partial charge < -0.3 is 15.4 Å². The average Bonchev–Trinajstić information content (AvgIpc) is 2.72. The fourth-order valence-electron chi connectivity index (χ4n) is 2.61. The van der Waals surface area contributed by atoms with E-state index in [-0.39, 0.29) is 11.7 Å². The Morgan fingerprint density at radius 1 is 1.10 bits per heavy atom. The summed E-state index contributed by atoms with van der Waals surface area (Å²) in [5, 5.41) is 7.37. The van der Waals surface area contributed by atoms with Crippen LogP contribution < -0.4 is 10.5 Å². The molecule has 0 aliphatic rings. The summed E-state index contributed by atoms with van der Waals surface area (Å²) in [6, 6.07) is 13.5. The first-order valence-corrected chi connectivity index (χ1v) is 9.20. The molecule has 0 unspecified atom stereocenters. The van der Waals surface area contributed by atoms with E-state index in [9.17, 15) is 9.59 Å². The molecule has 1 amide bonds. The number of nitrogen functional groups attached to an aromatic ring is 1. The SMILES string of the molecule is C=CCN(CC)C(=O)c1ccc(/C=C(\C)C(=O)Oc2ccc(C(=N)N)cc2)cc1. The highest BCUT2D eigenvalue weighted by molar-refractivity contribution is 5.97. The topological polar surface area (TPSA) is 96.5 Å². The van der Waals surface area contributed by atoms with Crippen LogP contribution in [-0.2, 0) is 4.79 Å². The first kappa shape index (κ1) is 21.6. The van der Waals surface area contributed by atoms with Crippen molar-refractivity contribution >= 4 is 23.8 Å². The van der Waals surface area contributed by atoms with E-state index in [4.69, 9.17) is 15.9 Å². The Hall–Kier alpha value is -3.67. The van der Waals surface area contributed by atoms with Gasteiger partial charge in [-0.15, -0.1) is 6.58 Å². The van der Waals surface area contributed by atoms with E-state index < -0.39 is 5.97 Å². The minimum Gasteiger partial charge on any atom is -0.423 e. The van der Waals surface area contributed by atoms with Crippen molar-refractivity contribution in [2.24, 2.45) is 5.73 Å². The number of nitrogens with zero attached hydrogens (tertiary/aromatic N) is 1. The molecule has 29 heavy (non-hydrogen) atoms. The van der Waals surface area contributed by atoms with E-state index >= 15 is 0 Å². The summed E-state index contributed by atoms with van der Waals surface area (Å²) in [5.74, 6) is -0.222. The highest BCUT2D eigenvalue weighted by Gasteiger charge is 2.13. The van der Waals surface area contributed by atoms with Crippen LogP contribution in [0.15, 0.2) is 66.8 Å². The second-order valence-corrected chi connectivity index (χ2v) is 6.41. The number of carbonyl (C=O) groups excluding carboxylic acids is 2. The summed E-state index contributed by atoms with van der Waals surface area (Å²) >= 11 is 0. The van der Waals surface area contributed by atoms with Crippen LogP contribution in [-0.4, -0.2) is 35.7 Å². The zero-order valence-corrected chi connectivity index (χ0v) is 16.6. The maximum atomic E-state index is 12.4. The van der Waals surface area contributed by atoms with Crippen molar-refractivity contribution in [3.63, 3.8) is 0 Å². The number of nitrogens with two attached hydrogens (primary N) is 1. The Balaban J connectivity index is 2.06. The summed E-state index contributed by atoms with van der Waals surface area (Å²) in [5.41, 5.74) is 7.75. The maximum Gasteiger partial charge on any atom is 0.339 e. The van der Waals surface area contributed by atoms with E-state index in [0.29, 0.717) is 35.5 Å². The number of hydrogen-bond acceptors (Lipinski definition) is 4. The number of benzene rings is 2. The molecule has 0 saturated carbocycles. The quantitative estimate of drug-likeness (QED) is 0.179. The normalized spacial score (nSPS) is 10.9. The zero-order chi connectivity index (χ0) is 21.4. The third kappa shape index (κ3) is 5.90. The fourth-order valence-corrected chi connectivity index (χ4v) is 2.61. The molecule has 0 bridgehead atoms. The summed E-state index contributed by atoms with van der Waals surface area (Å²) in [7, 11) is 0. The Bertz CT molecular complexity index is 929. The summed E-state index contributed by atoms with van der Waals surface area (Å²) in [6.45, 7) is 8.35. The Labute approximate surface area is 170 Å². The zero-order valence-electron chi connectivity index (χ0n) is 16.6. The molecule has 6 nitrogen and oxygen atoms in total. The van der Waals surface area contributed by atoms with Gasteiger partial charge in [0.25, 0.3) is 5.91 Å². The predicted octanol–water partition coefficient (Wildman–Crippen LogP) is 3.63. The summed E-state index contributed by atoms with van der Waals surface area (Å²) in [6.07, 6.45) is 3.39. The summed E-state index contributed by atoms with van der Waals surface area (Å²) < 4.78 is 5.33. The van der Waals surface area contributed by atoms with E-state index in [1.165, 1.54) is 0 Å². The lowest BCUT2D eigenvalue weighted by Crippen LogP contribution is -2.30. The number of esters is 1. The predicted molar refractivity (Wildman–Crippen MR) is 115 cm³/mol. The molecule has 0 saturated heterocycles. The van der Waals surface area contributed by atoms with Crippen LogP contribution >= 0.6 is 0 Å². The largest absolute Gasteiger partial charge is 0.423 e. The molecule has 0 aliphatic carbocycles. The van der Waals surface area contributed by atoms with Gasteiger partial charge in [-0.3, -0.25) is 10.2 Å². The highest BCUT2D eigenvalue weighted by atomic mass is 16.5. The lowest BCUT2D eigenvalue weighted by molar-refractivity contribution is -0.130. The average molecular weight is 391 g/mol. The number of likely N-dealkylation sites (N-methyl/N-ethyl adjacent to an activating group) is 1. The lowest BCUT2D eigenvalue weighted by Gasteiger charge is -2.18. The molecule has 0 fully saturated rings. The van der Waals surface area contributed by atoms with Crippen molar-refractivity contribution < 1.29 is 14.3 Å². The van der Waals surface area contributed by atoms with Gasteiger partial charge in [-0.2, -0.15) is 0 Å². The van der Waals surface area contributed by atoms with Crippen LogP contribution in [0, 0.1) is 5.41 Å². The number of carbonyl (C=O) groups is 2. The van der Waals surface area contributed by atoms with Crippen molar-refractivity contribution in [2.45, 2.75) is 13.8 Å². The van der Waals surface area contributed by atoms with Gasteiger partial charge in [-0.1, -0.05) is 18.2 Å².